The van der Waals surface area contributed by atoms with Crippen LogP contribution in [0.1, 0.15) is 12.0 Å². The first kappa shape index (κ1) is 13.8. The van der Waals surface area contributed by atoms with E-state index < -0.39 is 0 Å². The highest BCUT2D eigenvalue weighted by molar-refractivity contribution is 5.81. The van der Waals surface area contributed by atoms with Gasteiger partial charge in [0.05, 0.1) is 5.52 Å². The Hall–Kier alpha value is -2.20. The summed E-state index contributed by atoms with van der Waals surface area (Å²) in [7, 11) is 2.16. The van der Waals surface area contributed by atoms with E-state index in [0.29, 0.717) is 0 Å². The van der Waals surface area contributed by atoms with E-state index in [-0.39, 0.29) is 0 Å². The molecule has 3 aromatic rings. The largest absolute Gasteiger partial charge is 0.302 e. The molecule has 1 aromatic carbocycles. The molecule has 21 heavy (non-hydrogen) atoms. The first-order valence-corrected chi connectivity index (χ1v) is 7.31. The van der Waals surface area contributed by atoms with Crippen LogP contribution in [0.15, 0.2) is 55.0 Å². The Labute approximate surface area is 125 Å². The molecular formula is C17H20N4. The van der Waals surface area contributed by atoms with E-state index in [0.717, 1.165) is 31.6 Å². The maximum Gasteiger partial charge on any atom is 0.0705 e. The molecule has 4 heteroatoms. The highest BCUT2D eigenvalue weighted by Gasteiger charge is 2.05. The van der Waals surface area contributed by atoms with Gasteiger partial charge in [-0.1, -0.05) is 18.2 Å². The minimum Gasteiger partial charge on any atom is -0.302 e. The molecule has 108 valence electrons. The van der Waals surface area contributed by atoms with Crippen LogP contribution in [-0.2, 0) is 13.1 Å². The molecule has 0 saturated heterocycles. The Morgan fingerprint density at radius 3 is 2.86 bits per heavy atom. The van der Waals surface area contributed by atoms with Crippen molar-refractivity contribution >= 4 is 10.9 Å². The van der Waals surface area contributed by atoms with Crippen LogP contribution in [0.3, 0.4) is 0 Å². The van der Waals surface area contributed by atoms with Crippen LogP contribution in [0.5, 0.6) is 0 Å². The third kappa shape index (κ3) is 3.47. The van der Waals surface area contributed by atoms with E-state index in [1.165, 1.54) is 10.9 Å². The molecule has 0 N–H and O–H groups in total. The lowest BCUT2D eigenvalue weighted by Crippen LogP contribution is -2.20. The molecule has 0 aliphatic heterocycles. The van der Waals surface area contributed by atoms with Crippen LogP contribution >= 0.6 is 0 Å². The molecule has 2 aromatic heterocycles. The van der Waals surface area contributed by atoms with Gasteiger partial charge in [-0.05, 0) is 43.8 Å². The molecule has 2 heterocycles. The quantitative estimate of drug-likeness (QED) is 0.696. The molecule has 0 amide bonds. The summed E-state index contributed by atoms with van der Waals surface area (Å²) in [5.41, 5.74) is 2.40. The van der Waals surface area contributed by atoms with Gasteiger partial charge < -0.3 is 4.90 Å². The zero-order valence-electron chi connectivity index (χ0n) is 12.3. The summed E-state index contributed by atoms with van der Waals surface area (Å²) in [5.74, 6) is 0. The zero-order valence-corrected chi connectivity index (χ0v) is 12.3. The number of para-hydroxylation sites is 1. The summed E-state index contributed by atoms with van der Waals surface area (Å²) in [6, 6.07) is 12.4. The van der Waals surface area contributed by atoms with Gasteiger partial charge in [0, 0.05) is 37.1 Å². The Balaban J connectivity index is 1.59. The number of pyridine rings is 1. The minimum absolute atomic E-state index is 0.947. The molecular weight excluding hydrogens is 260 g/mol. The standard InChI is InChI=1S/C17H20N4/c1-20(11-5-13-21-12-4-9-19-21)14-15-8-10-18-17-7-3-2-6-16(15)17/h2-4,6-10,12H,5,11,13-14H2,1H3. The number of aromatic nitrogens is 3. The van der Waals surface area contributed by atoms with E-state index in [9.17, 15) is 0 Å². The number of rotatable bonds is 6. The molecule has 0 spiro atoms. The third-order valence-electron chi connectivity index (χ3n) is 3.67. The Kier molecular flexibility index (Phi) is 4.26. The van der Waals surface area contributed by atoms with Gasteiger partial charge in [-0.25, -0.2) is 0 Å². The van der Waals surface area contributed by atoms with Crippen LogP contribution < -0.4 is 0 Å². The van der Waals surface area contributed by atoms with Crippen molar-refractivity contribution in [1.29, 1.82) is 0 Å². The fraction of sp³-hybridized carbons (Fsp3) is 0.294. The zero-order chi connectivity index (χ0) is 14.5. The fourth-order valence-electron chi connectivity index (χ4n) is 2.60. The topological polar surface area (TPSA) is 34.0 Å². The summed E-state index contributed by atoms with van der Waals surface area (Å²) in [5, 5.41) is 5.48. The van der Waals surface area contributed by atoms with Gasteiger partial charge >= 0.3 is 0 Å². The Bertz CT molecular complexity index is 686. The maximum atomic E-state index is 4.41. The second-order valence-electron chi connectivity index (χ2n) is 5.35. The van der Waals surface area contributed by atoms with Gasteiger partial charge in [0.2, 0.25) is 0 Å². The average molecular weight is 280 g/mol. The van der Waals surface area contributed by atoms with Gasteiger partial charge in [-0.3, -0.25) is 9.67 Å². The van der Waals surface area contributed by atoms with Crippen LogP contribution in [0.25, 0.3) is 10.9 Å². The summed E-state index contributed by atoms with van der Waals surface area (Å²) < 4.78 is 1.98. The van der Waals surface area contributed by atoms with Crippen LogP contribution in [0.4, 0.5) is 0 Å². The van der Waals surface area contributed by atoms with Gasteiger partial charge in [0.25, 0.3) is 0 Å². The van der Waals surface area contributed by atoms with Crippen LogP contribution in [-0.4, -0.2) is 33.3 Å². The fourth-order valence-corrected chi connectivity index (χ4v) is 2.60. The first-order chi connectivity index (χ1) is 10.3. The predicted molar refractivity (Wildman–Crippen MR) is 84.9 cm³/mol. The van der Waals surface area contributed by atoms with Crippen LogP contribution in [0, 0.1) is 0 Å². The van der Waals surface area contributed by atoms with Crippen molar-refractivity contribution in [1.82, 2.24) is 19.7 Å². The van der Waals surface area contributed by atoms with Crippen molar-refractivity contribution in [3.63, 3.8) is 0 Å². The SMILES string of the molecule is CN(CCCn1cccn1)Cc1ccnc2ccccc12. The number of hydrogen-bond acceptors (Lipinski definition) is 3. The van der Waals surface area contributed by atoms with Crippen molar-refractivity contribution in [2.45, 2.75) is 19.5 Å². The summed E-state index contributed by atoms with van der Waals surface area (Å²) in [6.45, 7) is 2.97. The van der Waals surface area contributed by atoms with E-state index in [1.54, 1.807) is 0 Å². The summed E-state index contributed by atoms with van der Waals surface area (Å²) in [4.78, 5) is 6.77. The lowest BCUT2D eigenvalue weighted by molar-refractivity contribution is 0.312. The molecule has 0 radical (unpaired) electrons. The Morgan fingerprint density at radius 2 is 2.00 bits per heavy atom. The highest BCUT2D eigenvalue weighted by atomic mass is 15.3. The smallest absolute Gasteiger partial charge is 0.0705 e. The van der Waals surface area contributed by atoms with Gasteiger partial charge in [-0.15, -0.1) is 0 Å². The second-order valence-corrected chi connectivity index (χ2v) is 5.35. The highest BCUT2D eigenvalue weighted by Crippen LogP contribution is 2.17. The van der Waals surface area contributed by atoms with Crippen LogP contribution in [0.2, 0.25) is 0 Å². The summed E-state index contributed by atoms with van der Waals surface area (Å²) >= 11 is 0. The van der Waals surface area contributed by atoms with E-state index in [4.69, 9.17) is 0 Å². The van der Waals surface area contributed by atoms with Gasteiger partial charge in [0.15, 0.2) is 0 Å². The van der Waals surface area contributed by atoms with E-state index in [2.05, 4.69) is 46.3 Å². The first-order valence-electron chi connectivity index (χ1n) is 7.31. The molecule has 0 bridgehead atoms. The van der Waals surface area contributed by atoms with Crippen molar-refractivity contribution in [3.05, 3.63) is 60.6 Å². The Morgan fingerprint density at radius 1 is 1.10 bits per heavy atom. The molecule has 4 nitrogen and oxygen atoms in total. The van der Waals surface area contributed by atoms with Crippen molar-refractivity contribution in [3.8, 4) is 0 Å². The van der Waals surface area contributed by atoms with E-state index >= 15 is 0 Å². The number of aryl methyl sites for hydroxylation is 1. The van der Waals surface area contributed by atoms with Crippen molar-refractivity contribution in [2.75, 3.05) is 13.6 Å². The predicted octanol–water partition coefficient (Wildman–Crippen LogP) is 2.95. The molecule has 0 unspecified atom stereocenters. The lowest BCUT2D eigenvalue weighted by atomic mass is 10.1. The molecule has 0 aliphatic carbocycles. The van der Waals surface area contributed by atoms with E-state index in [1.807, 2.05) is 35.4 Å². The number of fused-ring (bicyclic) bond motifs is 1. The number of hydrogen-bond donors (Lipinski definition) is 0. The normalized spacial score (nSPS) is 11.3. The molecule has 0 aliphatic rings. The summed E-state index contributed by atoms with van der Waals surface area (Å²) in [6.07, 6.45) is 6.83. The maximum absolute atomic E-state index is 4.41. The molecule has 0 atom stereocenters. The van der Waals surface area contributed by atoms with Crippen molar-refractivity contribution < 1.29 is 0 Å². The number of benzene rings is 1. The van der Waals surface area contributed by atoms with Gasteiger partial charge in [-0.2, -0.15) is 5.10 Å². The minimum atomic E-state index is 0.947. The van der Waals surface area contributed by atoms with Crippen molar-refractivity contribution in [2.24, 2.45) is 0 Å². The second kappa shape index (κ2) is 6.50. The lowest BCUT2D eigenvalue weighted by Gasteiger charge is -2.17. The molecule has 3 rings (SSSR count). The number of nitrogens with zero attached hydrogens (tertiary/aromatic N) is 4. The molecule has 0 saturated carbocycles. The monoisotopic (exact) mass is 280 g/mol. The third-order valence-corrected chi connectivity index (χ3v) is 3.67. The van der Waals surface area contributed by atoms with Gasteiger partial charge in [0.1, 0.15) is 0 Å². The molecule has 0 fully saturated rings. The average Bonchev–Trinajstić information content (AvgIpc) is 3.01.